The molecule has 1 rings (SSSR count). The minimum absolute atomic E-state index is 0.0173. The van der Waals surface area contributed by atoms with Gasteiger partial charge in [-0.15, -0.1) is 0 Å². The third-order valence-corrected chi connectivity index (χ3v) is 5.26. The summed E-state index contributed by atoms with van der Waals surface area (Å²) in [6.45, 7) is 0.395. The van der Waals surface area contributed by atoms with E-state index in [4.69, 9.17) is 9.47 Å². The van der Waals surface area contributed by atoms with Crippen LogP contribution in [-0.2, 0) is 19.5 Å². The summed E-state index contributed by atoms with van der Waals surface area (Å²) >= 11 is 3.17. The standard InChI is InChI=1S/C12H16BrNO5S/c1-14(2)20(16,17)11-8-9(4-5-10(11)13)12(15)19-7-6-18-3/h4-5,8H,6-7H2,1-3H3. The van der Waals surface area contributed by atoms with Crippen LogP contribution in [-0.4, -0.2) is 53.1 Å². The Hall–Kier alpha value is -0.960. The molecule has 0 bridgehead atoms. The predicted molar refractivity (Wildman–Crippen MR) is 77.2 cm³/mol. The van der Waals surface area contributed by atoms with Gasteiger partial charge in [-0.2, -0.15) is 0 Å². The zero-order valence-corrected chi connectivity index (χ0v) is 13.8. The highest BCUT2D eigenvalue weighted by atomic mass is 79.9. The third kappa shape index (κ3) is 4.02. The van der Waals surface area contributed by atoms with Crippen LogP contribution >= 0.6 is 15.9 Å². The van der Waals surface area contributed by atoms with Gasteiger partial charge in [-0.05, 0) is 34.1 Å². The number of carbonyl (C=O) groups excluding carboxylic acids is 1. The van der Waals surface area contributed by atoms with Gasteiger partial charge in [0, 0.05) is 25.7 Å². The van der Waals surface area contributed by atoms with Crippen molar-refractivity contribution in [2.24, 2.45) is 0 Å². The molecule has 0 aliphatic heterocycles. The molecule has 0 saturated heterocycles. The number of halogens is 1. The van der Waals surface area contributed by atoms with Crippen molar-refractivity contribution in [3.63, 3.8) is 0 Å². The zero-order valence-electron chi connectivity index (χ0n) is 11.4. The molecule has 112 valence electrons. The van der Waals surface area contributed by atoms with E-state index in [1.165, 1.54) is 39.4 Å². The van der Waals surface area contributed by atoms with Gasteiger partial charge in [0.2, 0.25) is 10.0 Å². The van der Waals surface area contributed by atoms with Crippen LogP contribution in [0.4, 0.5) is 0 Å². The van der Waals surface area contributed by atoms with Crippen LogP contribution in [0.25, 0.3) is 0 Å². The normalized spacial score (nSPS) is 11.7. The van der Waals surface area contributed by atoms with Crippen LogP contribution in [0.2, 0.25) is 0 Å². The van der Waals surface area contributed by atoms with Crippen molar-refractivity contribution < 1.29 is 22.7 Å². The Morgan fingerprint density at radius 3 is 2.50 bits per heavy atom. The topological polar surface area (TPSA) is 72.9 Å². The molecule has 0 spiro atoms. The number of rotatable bonds is 6. The molecule has 0 saturated carbocycles. The summed E-state index contributed by atoms with van der Waals surface area (Å²) in [5, 5.41) is 0. The van der Waals surface area contributed by atoms with Crippen LogP contribution in [0.1, 0.15) is 10.4 Å². The van der Waals surface area contributed by atoms with Crippen LogP contribution in [0, 0.1) is 0 Å². The minimum atomic E-state index is -3.63. The van der Waals surface area contributed by atoms with E-state index >= 15 is 0 Å². The first-order valence-corrected chi connectivity index (χ1v) is 7.92. The number of sulfonamides is 1. The Bertz CT molecular complexity index is 586. The number of hydrogen-bond donors (Lipinski definition) is 0. The highest BCUT2D eigenvalue weighted by molar-refractivity contribution is 9.10. The lowest BCUT2D eigenvalue weighted by Crippen LogP contribution is -2.23. The van der Waals surface area contributed by atoms with Crippen molar-refractivity contribution in [1.29, 1.82) is 0 Å². The Labute approximate surface area is 126 Å². The SMILES string of the molecule is COCCOC(=O)c1ccc(Br)c(S(=O)(=O)N(C)C)c1. The molecule has 0 aromatic heterocycles. The van der Waals surface area contributed by atoms with Gasteiger partial charge in [0.1, 0.15) is 6.61 Å². The van der Waals surface area contributed by atoms with E-state index in [9.17, 15) is 13.2 Å². The van der Waals surface area contributed by atoms with Crippen LogP contribution in [0.5, 0.6) is 0 Å². The fourth-order valence-corrected chi connectivity index (χ4v) is 3.17. The second-order valence-electron chi connectivity index (χ2n) is 4.06. The summed E-state index contributed by atoms with van der Waals surface area (Å²) in [6, 6.07) is 4.28. The van der Waals surface area contributed by atoms with Gasteiger partial charge in [0.05, 0.1) is 17.1 Å². The average Bonchev–Trinajstić information content (AvgIpc) is 2.38. The van der Waals surface area contributed by atoms with Crippen molar-refractivity contribution in [1.82, 2.24) is 4.31 Å². The van der Waals surface area contributed by atoms with E-state index in [0.29, 0.717) is 4.47 Å². The van der Waals surface area contributed by atoms with Crippen LogP contribution in [0.3, 0.4) is 0 Å². The number of ether oxygens (including phenoxy) is 2. The molecule has 8 heteroatoms. The smallest absolute Gasteiger partial charge is 0.338 e. The lowest BCUT2D eigenvalue weighted by Gasteiger charge is -2.13. The molecule has 6 nitrogen and oxygen atoms in total. The van der Waals surface area contributed by atoms with Gasteiger partial charge in [-0.25, -0.2) is 17.5 Å². The van der Waals surface area contributed by atoms with Crippen molar-refractivity contribution in [2.45, 2.75) is 4.90 Å². The van der Waals surface area contributed by atoms with Crippen molar-refractivity contribution in [3.8, 4) is 0 Å². The van der Waals surface area contributed by atoms with E-state index in [2.05, 4.69) is 15.9 Å². The highest BCUT2D eigenvalue weighted by Crippen LogP contribution is 2.25. The average molecular weight is 366 g/mol. The number of hydrogen-bond acceptors (Lipinski definition) is 5. The minimum Gasteiger partial charge on any atom is -0.460 e. The summed E-state index contributed by atoms with van der Waals surface area (Å²) in [4.78, 5) is 11.8. The summed E-state index contributed by atoms with van der Waals surface area (Å²) in [5.74, 6) is -0.593. The van der Waals surface area contributed by atoms with E-state index in [1.54, 1.807) is 0 Å². The second-order valence-corrected chi connectivity index (χ2v) is 7.04. The Morgan fingerprint density at radius 1 is 1.30 bits per heavy atom. The molecule has 0 N–H and O–H groups in total. The quantitative estimate of drug-likeness (QED) is 0.564. The molecule has 0 heterocycles. The number of nitrogens with zero attached hydrogens (tertiary/aromatic N) is 1. The Balaban J connectivity index is 3.06. The van der Waals surface area contributed by atoms with Gasteiger partial charge in [0.25, 0.3) is 0 Å². The highest BCUT2D eigenvalue weighted by Gasteiger charge is 2.22. The molecule has 0 aliphatic carbocycles. The summed E-state index contributed by atoms with van der Waals surface area (Å²) in [6.07, 6.45) is 0. The number of benzene rings is 1. The fourth-order valence-electron chi connectivity index (χ4n) is 1.33. The molecule has 0 aliphatic rings. The number of carbonyl (C=O) groups is 1. The predicted octanol–water partition coefficient (Wildman–Crippen LogP) is 1.50. The number of esters is 1. The van der Waals surface area contributed by atoms with E-state index in [1.807, 2.05) is 0 Å². The summed E-state index contributed by atoms with van der Waals surface area (Å²) in [5.41, 5.74) is 0.171. The first kappa shape index (κ1) is 17.1. The monoisotopic (exact) mass is 365 g/mol. The third-order valence-electron chi connectivity index (χ3n) is 2.45. The lowest BCUT2D eigenvalue weighted by atomic mass is 10.2. The van der Waals surface area contributed by atoms with Crippen molar-refractivity contribution in [3.05, 3.63) is 28.2 Å². The molecule has 0 atom stereocenters. The molecule has 0 fully saturated rings. The van der Waals surface area contributed by atoms with E-state index < -0.39 is 16.0 Å². The first-order valence-electron chi connectivity index (χ1n) is 5.69. The van der Waals surface area contributed by atoms with Gasteiger partial charge >= 0.3 is 5.97 Å². The summed E-state index contributed by atoms with van der Waals surface area (Å²) in [7, 11) is 0.704. The van der Waals surface area contributed by atoms with E-state index in [0.717, 1.165) is 4.31 Å². The molecule has 0 radical (unpaired) electrons. The maximum atomic E-state index is 12.1. The number of methoxy groups -OCH3 is 1. The largest absolute Gasteiger partial charge is 0.460 e. The van der Waals surface area contributed by atoms with Gasteiger partial charge in [-0.3, -0.25) is 0 Å². The molecule has 0 amide bonds. The van der Waals surface area contributed by atoms with Crippen molar-refractivity contribution >= 4 is 31.9 Å². The fraction of sp³-hybridized carbons (Fsp3) is 0.417. The van der Waals surface area contributed by atoms with Gasteiger partial charge < -0.3 is 9.47 Å². The molecular formula is C12H16BrNO5S. The lowest BCUT2D eigenvalue weighted by molar-refractivity contribution is 0.0388. The van der Waals surface area contributed by atoms with E-state index in [-0.39, 0.29) is 23.7 Å². The maximum Gasteiger partial charge on any atom is 0.338 e. The Morgan fingerprint density at radius 2 is 1.95 bits per heavy atom. The van der Waals surface area contributed by atoms with Crippen LogP contribution in [0.15, 0.2) is 27.6 Å². The van der Waals surface area contributed by atoms with Crippen molar-refractivity contribution in [2.75, 3.05) is 34.4 Å². The van der Waals surface area contributed by atoms with Gasteiger partial charge in [-0.1, -0.05) is 0 Å². The second kappa shape index (κ2) is 7.16. The maximum absolute atomic E-state index is 12.1. The molecule has 1 aromatic carbocycles. The molecule has 20 heavy (non-hydrogen) atoms. The van der Waals surface area contributed by atoms with Gasteiger partial charge in [0.15, 0.2) is 0 Å². The Kier molecular flexibility index (Phi) is 6.12. The molecule has 1 aromatic rings. The van der Waals surface area contributed by atoms with Crippen LogP contribution < -0.4 is 0 Å². The molecule has 0 unspecified atom stereocenters. The zero-order chi connectivity index (χ0) is 15.3. The summed E-state index contributed by atoms with van der Waals surface area (Å²) < 4.78 is 35.4. The molecular weight excluding hydrogens is 350 g/mol. The first-order chi connectivity index (χ1) is 9.30.